The summed E-state index contributed by atoms with van der Waals surface area (Å²) >= 11 is 1.62. The monoisotopic (exact) mass is 310 g/mol. The third-order valence-corrected chi connectivity index (χ3v) is 5.02. The molecular weight excluding hydrogens is 296 g/mol. The summed E-state index contributed by atoms with van der Waals surface area (Å²) in [6, 6.07) is 5.95. The molecule has 0 N–H and O–H groups in total. The van der Waals surface area contributed by atoms with E-state index in [9.17, 15) is 4.79 Å². The van der Waals surface area contributed by atoms with Gasteiger partial charge in [-0.15, -0.1) is 11.3 Å². The molecule has 6 heteroatoms. The summed E-state index contributed by atoms with van der Waals surface area (Å²) < 4.78 is 1.15. The van der Waals surface area contributed by atoms with E-state index in [4.69, 9.17) is 0 Å². The van der Waals surface area contributed by atoms with Crippen molar-refractivity contribution in [1.82, 2.24) is 9.97 Å². The summed E-state index contributed by atoms with van der Waals surface area (Å²) in [6.45, 7) is 3.36. The number of carbonyl (C=O) groups excluding carboxylic acids is 1. The minimum Gasteiger partial charge on any atom is -0.290 e. The number of anilines is 2. The van der Waals surface area contributed by atoms with Gasteiger partial charge in [0.05, 0.1) is 11.9 Å². The van der Waals surface area contributed by atoms with Crippen LogP contribution in [-0.4, -0.2) is 29.1 Å². The third-order valence-electron chi connectivity index (χ3n) is 3.88. The van der Waals surface area contributed by atoms with Crippen molar-refractivity contribution in [3.63, 3.8) is 0 Å². The van der Waals surface area contributed by atoms with Gasteiger partial charge in [0.2, 0.25) is 0 Å². The third kappa shape index (κ3) is 2.03. The highest BCUT2D eigenvalue weighted by Crippen LogP contribution is 2.35. The number of nitrogens with zero attached hydrogens (tertiary/aromatic N) is 4. The molecule has 0 radical (unpaired) electrons. The number of aromatic nitrogens is 2. The summed E-state index contributed by atoms with van der Waals surface area (Å²) in [7, 11) is 0. The number of hydrogen-bond acceptors (Lipinski definition) is 4. The van der Waals surface area contributed by atoms with Gasteiger partial charge < -0.3 is 0 Å². The molecule has 22 heavy (non-hydrogen) atoms. The van der Waals surface area contributed by atoms with E-state index < -0.39 is 0 Å². The van der Waals surface area contributed by atoms with Gasteiger partial charge in [0, 0.05) is 41.8 Å². The Morgan fingerprint density at radius 3 is 2.68 bits per heavy atom. The fraction of sp³-hybridized carbons (Fsp3) is 0.188. The van der Waals surface area contributed by atoms with E-state index in [0.29, 0.717) is 13.1 Å². The van der Waals surface area contributed by atoms with E-state index in [0.717, 1.165) is 26.3 Å². The summed E-state index contributed by atoms with van der Waals surface area (Å²) in [4.78, 5) is 24.6. The first-order valence-electron chi connectivity index (χ1n) is 7.07. The number of urea groups is 1. The molecule has 1 aliphatic heterocycles. The molecule has 0 atom stereocenters. The Kier molecular flexibility index (Phi) is 3.04. The van der Waals surface area contributed by atoms with Gasteiger partial charge in [0.1, 0.15) is 5.00 Å². The second kappa shape index (κ2) is 5.06. The zero-order valence-corrected chi connectivity index (χ0v) is 12.9. The molecule has 0 spiro atoms. The van der Waals surface area contributed by atoms with Crippen molar-refractivity contribution in [1.29, 1.82) is 0 Å². The number of hydrogen-bond donors (Lipinski definition) is 0. The quantitative estimate of drug-likeness (QED) is 0.728. The molecule has 0 saturated carbocycles. The number of thiophene rings is 1. The Balaban J connectivity index is 1.68. The Hall–Kier alpha value is -2.47. The van der Waals surface area contributed by atoms with Crippen LogP contribution in [0.3, 0.4) is 0 Å². The average Bonchev–Trinajstić information content (AvgIpc) is 3.11. The molecule has 0 bridgehead atoms. The molecule has 0 unspecified atom stereocenters. The van der Waals surface area contributed by atoms with Gasteiger partial charge in [-0.1, -0.05) is 0 Å². The minimum atomic E-state index is 0.00983. The Morgan fingerprint density at radius 1 is 1.09 bits per heavy atom. The predicted octanol–water partition coefficient (Wildman–Crippen LogP) is 3.45. The highest BCUT2D eigenvalue weighted by molar-refractivity contribution is 7.23. The predicted molar refractivity (Wildman–Crippen MR) is 88.7 cm³/mol. The maximum absolute atomic E-state index is 12.8. The van der Waals surface area contributed by atoms with Crippen molar-refractivity contribution in [3.05, 3.63) is 48.5 Å². The van der Waals surface area contributed by atoms with Crippen molar-refractivity contribution >= 4 is 38.1 Å². The standard InChI is InChI=1S/C16H14N4OS/c1-11-2-4-18-10-13(11)19-6-7-20(16(19)21)15-8-12-9-17-5-3-14(12)22-15/h2-5,8-10H,6-7H2,1H3. The second-order valence-corrected chi connectivity index (χ2v) is 6.31. The van der Waals surface area contributed by atoms with Crippen LogP contribution in [0.15, 0.2) is 43.0 Å². The smallest absolute Gasteiger partial charge is 0.290 e. The van der Waals surface area contributed by atoms with E-state index in [1.54, 1.807) is 34.8 Å². The molecule has 1 saturated heterocycles. The van der Waals surface area contributed by atoms with E-state index in [1.807, 2.05) is 36.2 Å². The van der Waals surface area contributed by atoms with Crippen LogP contribution >= 0.6 is 11.3 Å². The number of fused-ring (bicyclic) bond motifs is 1. The molecule has 3 aromatic rings. The largest absolute Gasteiger partial charge is 0.329 e. The van der Waals surface area contributed by atoms with Crippen LogP contribution in [0.1, 0.15) is 5.56 Å². The first-order valence-corrected chi connectivity index (χ1v) is 7.89. The van der Waals surface area contributed by atoms with Gasteiger partial charge in [-0.05, 0) is 30.7 Å². The summed E-state index contributed by atoms with van der Waals surface area (Å²) in [5, 5.41) is 2.04. The maximum Gasteiger partial charge on any atom is 0.329 e. The summed E-state index contributed by atoms with van der Waals surface area (Å²) in [5.41, 5.74) is 1.95. The fourth-order valence-corrected chi connectivity index (χ4v) is 3.76. The number of pyridine rings is 2. The molecule has 3 aromatic heterocycles. The molecule has 110 valence electrons. The molecule has 5 nitrogen and oxygen atoms in total. The number of amides is 2. The van der Waals surface area contributed by atoms with E-state index in [2.05, 4.69) is 9.97 Å². The van der Waals surface area contributed by atoms with Crippen molar-refractivity contribution < 1.29 is 4.79 Å². The zero-order valence-electron chi connectivity index (χ0n) is 12.1. The van der Waals surface area contributed by atoms with Crippen LogP contribution in [0.4, 0.5) is 15.5 Å². The Labute approximate surface area is 131 Å². The normalized spacial score (nSPS) is 15.0. The van der Waals surface area contributed by atoms with Gasteiger partial charge in [-0.2, -0.15) is 0 Å². The van der Waals surface area contributed by atoms with Crippen molar-refractivity contribution in [2.24, 2.45) is 0 Å². The SMILES string of the molecule is Cc1ccncc1N1CCN(c2cc3cnccc3s2)C1=O. The van der Waals surface area contributed by atoms with Gasteiger partial charge in [0.25, 0.3) is 0 Å². The number of carbonyl (C=O) groups is 1. The molecule has 1 fully saturated rings. The van der Waals surface area contributed by atoms with Crippen LogP contribution in [0.2, 0.25) is 0 Å². The van der Waals surface area contributed by atoms with Crippen molar-refractivity contribution in [3.8, 4) is 0 Å². The van der Waals surface area contributed by atoms with Crippen LogP contribution in [0.5, 0.6) is 0 Å². The summed E-state index contributed by atoms with van der Waals surface area (Å²) in [6.07, 6.45) is 7.11. The number of rotatable bonds is 2. The van der Waals surface area contributed by atoms with Crippen LogP contribution in [0, 0.1) is 6.92 Å². The summed E-state index contributed by atoms with van der Waals surface area (Å²) in [5.74, 6) is 0. The van der Waals surface area contributed by atoms with Crippen molar-refractivity contribution in [2.45, 2.75) is 6.92 Å². The van der Waals surface area contributed by atoms with Gasteiger partial charge in [-0.25, -0.2) is 4.79 Å². The minimum absolute atomic E-state index is 0.00983. The van der Waals surface area contributed by atoms with E-state index in [-0.39, 0.29) is 6.03 Å². The van der Waals surface area contributed by atoms with E-state index in [1.165, 1.54) is 0 Å². The molecule has 4 rings (SSSR count). The first kappa shape index (κ1) is 13.2. The van der Waals surface area contributed by atoms with E-state index >= 15 is 0 Å². The first-order chi connectivity index (χ1) is 10.7. The molecule has 4 heterocycles. The Bertz CT molecular complexity index is 827. The van der Waals surface area contributed by atoms with Crippen molar-refractivity contribution in [2.75, 3.05) is 22.9 Å². The zero-order chi connectivity index (χ0) is 15.1. The maximum atomic E-state index is 12.8. The van der Waals surface area contributed by atoms with Gasteiger partial charge in [-0.3, -0.25) is 19.8 Å². The molecule has 2 amide bonds. The lowest BCUT2D eigenvalue weighted by atomic mass is 10.2. The molecule has 1 aliphatic rings. The number of aryl methyl sites for hydroxylation is 1. The average molecular weight is 310 g/mol. The van der Waals surface area contributed by atoms with Crippen LogP contribution in [-0.2, 0) is 0 Å². The van der Waals surface area contributed by atoms with Gasteiger partial charge >= 0.3 is 6.03 Å². The topological polar surface area (TPSA) is 49.3 Å². The lowest BCUT2D eigenvalue weighted by Gasteiger charge is -2.18. The molecular formula is C16H14N4OS. The highest BCUT2D eigenvalue weighted by Gasteiger charge is 2.32. The van der Waals surface area contributed by atoms with Crippen LogP contribution in [0.25, 0.3) is 10.1 Å². The second-order valence-electron chi connectivity index (χ2n) is 5.25. The Morgan fingerprint density at radius 2 is 1.86 bits per heavy atom. The van der Waals surface area contributed by atoms with Crippen LogP contribution < -0.4 is 9.80 Å². The molecule has 0 aromatic carbocycles. The lowest BCUT2D eigenvalue weighted by molar-refractivity contribution is 0.256. The highest BCUT2D eigenvalue weighted by atomic mass is 32.1. The fourth-order valence-electron chi connectivity index (χ4n) is 2.71. The molecule has 0 aliphatic carbocycles. The van der Waals surface area contributed by atoms with Gasteiger partial charge in [0.15, 0.2) is 0 Å². The lowest BCUT2D eigenvalue weighted by Crippen LogP contribution is -2.31.